The van der Waals surface area contributed by atoms with Gasteiger partial charge < -0.3 is 9.80 Å². The molecule has 1 unspecified atom stereocenters. The van der Waals surface area contributed by atoms with Gasteiger partial charge in [0.25, 0.3) is 0 Å². The van der Waals surface area contributed by atoms with Gasteiger partial charge in [-0.1, -0.05) is 6.07 Å². The van der Waals surface area contributed by atoms with E-state index in [0.29, 0.717) is 13.0 Å². The first-order chi connectivity index (χ1) is 15.2. The molecule has 8 nitrogen and oxygen atoms in total. The van der Waals surface area contributed by atoms with Gasteiger partial charge in [0.2, 0.25) is 11.8 Å². The predicted molar refractivity (Wildman–Crippen MR) is 122 cm³/mol. The first-order valence-corrected chi connectivity index (χ1v) is 13.1. The van der Waals surface area contributed by atoms with Gasteiger partial charge in [0.15, 0.2) is 9.84 Å². The fourth-order valence-corrected chi connectivity index (χ4v) is 6.62. The number of hydrogen-bond donors (Lipinski definition) is 0. The van der Waals surface area contributed by atoms with E-state index in [9.17, 15) is 18.0 Å². The van der Waals surface area contributed by atoms with Gasteiger partial charge in [0.1, 0.15) is 0 Å². The predicted octanol–water partition coefficient (Wildman–Crippen LogP) is 2.80. The summed E-state index contributed by atoms with van der Waals surface area (Å²) in [7, 11) is -3.03. The molecule has 32 heavy (non-hydrogen) atoms. The molecule has 0 N–H and O–H groups in total. The smallest absolute Gasteiger partial charge is 0.230 e. The molecular weight excluding hydrogens is 428 g/mol. The maximum atomic E-state index is 13.0. The summed E-state index contributed by atoms with van der Waals surface area (Å²) in [6.07, 6.45) is 6.91. The van der Waals surface area contributed by atoms with Crippen LogP contribution in [0, 0.1) is 5.92 Å². The minimum Gasteiger partial charge on any atom is -0.308 e. The minimum atomic E-state index is -3.03. The molecule has 5 rings (SSSR count). The van der Waals surface area contributed by atoms with Crippen LogP contribution in [0.2, 0.25) is 0 Å². The maximum Gasteiger partial charge on any atom is 0.230 e. The third-order valence-electron chi connectivity index (χ3n) is 6.69. The van der Waals surface area contributed by atoms with Crippen molar-refractivity contribution in [1.82, 2.24) is 9.78 Å². The zero-order valence-corrected chi connectivity index (χ0v) is 19.2. The summed E-state index contributed by atoms with van der Waals surface area (Å²) in [6, 6.07) is 5.55. The monoisotopic (exact) mass is 456 g/mol. The molecular formula is C23H28N4O4S. The highest BCUT2D eigenvalue weighted by Crippen LogP contribution is 2.42. The van der Waals surface area contributed by atoms with Crippen LogP contribution >= 0.6 is 0 Å². The highest BCUT2D eigenvalue weighted by Gasteiger charge is 2.39. The molecule has 1 aromatic carbocycles. The second-order valence-corrected chi connectivity index (χ2v) is 11.5. The van der Waals surface area contributed by atoms with Crippen LogP contribution < -0.4 is 9.80 Å². The molecule has 2 amide bonds. The number of hydrogen-bond acceptors (Lipinski definition) is 5. The van der Waals surface area contributed by atoms with Crippen LogP contribution in [0.3, 0.4) is 0 Å². The number of nitrogens with zero attached hydrogens (tertiary/aromatic N) is 4. The Kier molecular flexibility index (Phi) is 5.11. The fourth-order valence-electron chi connectivity index (χ4n) is 4.94. The van der Waals surface area contributed by atoms with Gasteiger partial charge in [0.05, 0.1) is 41.2 Å². The van der Waals surface area contributed by atoms with E-state index in [-0.39, 0.29) is 41.3 Å². The average molecular weight is 457 g/mol. The van der Waals surface area contributed by atoms with Gasteiger partial charge in [-0.25, -0.2) is 8.42 Å². The second-order valence-electron chi connectivity index (χ2n) is 9.28. The number of anilines is 2. The lowest BCUT2D eigenvalue weighted by Crippen LogP contribution is -2.51. The normalized spacial score (nSPS) is 24.8. The number of sulfone groups is 1. The molecule has 0 radical (unpaired) electrons. The van der Waals surface area contributed by atoms with E-state index in [1.165, 1.54) is 0 Å². The lowest BCUT2D eigenvalue weighted by molar-refractivity contribution is -0.120. The molecule has 1 aliphatic carbocycles. The molecule has 3 heterocycles. The lowest BCUT2D eigenvalue weighted by Gasteiger charge is -2.41. The van der Waals surface area contributed by atoms with Crippen molar-refractivity contribution < 1.29 is 18.0 Å². The van der Waals surface area contributed by atoms with E-state index in [0.717, 1.165) is 41.8 Å². The summed E-state index contributed by atoms with van der Waals surface area (Å²) in [6.45, 7) is 3.99. The highest BCUT2D eigenvalue weighted by atomic mass is 32.2. The summed E-state index contributed by atoms with van der Waals surface area (Å²) >= 11 is 0. The van der Waals surface area contributed by atoms with Crippen molar-refractivity contribution >= 4 is 33.0 Å². The molecule has 0 bridgehead atoms. The van der Waals surface area contributed by atoms with Crippen LogP contribution in [0.4, 0.5) is 11.4 Å². The van der Waals surface area contributed by atoms with Crippen LogP contribution in [0.5, 0.6) is 0 Å². The molecule has 1 saturated carbocycles. The van der Waals surface area contributed by atoms with Crippen molar-refractivity contribution in [2.45, 2.75) is 51.6 Å². The first-order valence-electron chi connectivity index (χ1n) is 11.2. The maximum absolute atomic E-state index is 13.0. The third kappa shape index (κ3) is 3.83. The lowest BCUT2D eigenvalue weighted by atomic mass is 10.0. The van der Waals surface area contributed by atoms with Gasteiger partial charge in [0, 0.05) is 31.1 Å². The average Bonchev–Trinajstić information content (AvgIpc) is 3.47. The van der Waals surface area contributed by atoms with E-state index in [2.05, 4.69) is 5.10 Å². The quantitative estimate of drug-likeness (QED) is 0.708. The van der Waals surface area contributed by atoms with Crippen LogP contribution in [0.25, 0.3) is 11.1 Å². The van der Waals surface area contributed by atoms with Gasteiger partial charge in [-0.15, -0.1) is 0 Å². The number of rotatable bonds is 3. The van der Waals surface area contributed by atoms with E-state index < -0.39 is 9.84 Å². The molecule has 170 valence electrons. The molecule has 9 heteroatoms. The summed E-state index contributed by atoms with van der Waals surface area (Å²) < 4.78 is 25.8. The molecule has 2 aliphatic heterocycles. The van der Waals surface area contributed by atoms with Crippen LogP contribution in [-0.2, 0) is 19.4 Å². The Labute approximate surface area is 188 Å². The largest absolute Gasteiger partial charge is 0.308 e. The number of fused-ring (bicyclic) bond motifs is 1. The molecule has 0 spiro atoms. The summed E-state index contributed by atoms with van der Waals surface area (Å²) in [5.41, 5.74) is 3.25. The number of aromatic nitrogens is 2. The van der Waals surface area contributed by atoms with Crippen molar-refractivity contribution in [3.8, 4) is 11.1 Å². The molecule has 1 saturated heterocycles. The standard InChI is InChI=1S/C23H28N4O4S/c1-15-12-25(23(29)17-5-6-17)22-10-18(7-8-21(22)27(15)16(2)28)19-11-24-26(13-19)20-4-3-9-32(30,31)14-20/h7-8,10-11,13,15,17,20H,3-6,9,12,14H2,1-2H3/t15-,20?/m0/s1. The molecule has 2 aromatic rings. The molecule has 2 atom stereocenters. The van der Waals surface area contributed by atoms with Crippen LogP contribution in [0.15, 0.2) is 30.6 Å². The number of amides is 2. The van der Waals surface area contributed by atoms with Gasteiger partial charge in [-0.05, 0) is 50.3 Å². The van der Waals surface area contributed by atoms with Crippen LogP contribution in [-0.4, -0.2) is 54.1 Å². The Balaban J connectivity index is 1.50. The SMILES string of the molecule is CC(=O)N1c2ccc(-c3cnn(C4CCCS(=O)(=O)C4)c3)cc2N(C(=O)C2CC2)C[C@@H]1C. The summed E-state index contributed by atoms with van der Waals surface area (Å²) in [5.74, 6) is 0.530. The Morgan fingerprint density at radius 3 is 2.56 bits per heavy atom. The zero-order chi connectivity index (χ0) is 22.6. The Morgan fingerprint density at radius 1 is 1.09 bits per heavy atom. The first kappa shape index (κ1) is 21.2. The van der Waals surface area contributed by atoms with Crippen molar-refractivity contribution in [3.05, 3.63) is 30.6 Å². The third-order valence-corrected chi connectivity index (χ3v) is 8.50. The minimum absolute atomic E-state index is 0.0450. The van der Waals surface area contributed by atoms with E-state index >= 15 is 0 Å². The van der Waals surface area contributed by atoms with Crippen molar-refractivity contribution in [2.75, 3.05) is 27.9 Å². The Morgan fingerprint density at radius 2 is 1.88 bits per heavy atom. The summed E-state index contributed by atoms with van der Waals surface area (Å²) in [4.78, 5) is 28.9. The Hall–Kier alpha value is -2.68. The number of carbonyl (C=O) groups is 2. The fraction of sp³-hybridized carbons (Fsp3) is 0.522. The molecule has 2 fully saturated rings. The van der Waals surface area contributed by atoms with E-state index in [4.69, 9.17) is 0 Å². The van der Waals surface area contributed by atoms with Crippen molar-refractivity contribution in [2.24, 2.45) is 5.92 Å². The van der Waals surface area contributed by atoms with Gasteiger partial charge in [-0.3, -0.25) is 14.3 Å². The zero-order valence-electron chi connectivity index (χ0n) is 18.4. The van der Waals surface area contributed by atoms with Crippen molar-refractivity contribution in [1.29, 1.82) is 0 Å². The highest BCUT2D eigenvalue weighted by molar-refractivity contribution is 7.91. The number of carbonyl (C=O) groups excluding carboxylic acids is 2. The second kappa shape index (κ2) is 7.72. The summed E-state index contributed by atoms with van der Waals surface area (Å²) in [5, 5.41) is 4.45. The van der Waals surface area contributed by atoms with Gasteiger partial charge >= 0.3 is 0 Å². The topological polar surface area (TPSA) is 92.6 Å². The van der Waals surface area contributed by atoms with E-state index in [1.807, 2.05) is 36.2 Å². The Bertz CT molecular complexity index is 1180. The molecule has 3 aliphatic rings. The van der Waals surface area contributed by atoms with Crippen molar-refractivity contribution in [3.63, 3.8) is 0 Å². The van der Waals surface area contributed by atoms with Crippen LogP contribution in [0.1, 0.15) is 45.6 Å². The van der Waals surface area contributed by atoms with E-state index in [1.54, 1.807) is 22.7 Å². The number of benzene rings is 1. The van der Waals surface area contributed by atoms with Gasteiger partial charge in [-0.2, -0.15) is 5.10 Å². The molecule has 1 aromatic heterocycles.